The van der Waals surface area contributed by atoms with Crippen LogP contribution in [0, 0.1) is 23.0 Å². The summed E-state index contributed by atoms with van der Waals surface area (Å²) in [6.45, 7) is 0. The fourth-order valence-electron chi connectivity index (χ4n) is 2.45. The highest BCUT2D eigenvalue weighted by molar-refractivity contribution is 8.03. The van der Waals surface area contributed by atoms with E-state index < -0.39 is 38.2 Å². The summed E-state index contributed by atoms with van der Waals surface area (Å²) < 4.78 is 39.7. The summed E-state index contributed by atoms with van der Waals surface area (Å²) in [4.78, 5) is 12.8. The second-order valence-electron chi connectivity index (χ2n) is 5.54. The molecule has 4 nitrogen and oxygen atoms in total. The second-order valence-corrected chi connectivity index (χ2v) is 7.71. The Bertz CT molecular complexity index is 1110. The van der Waals surface area contributed by atoms with Crippen molar-refractivity contribution in [2.75, 3.05) is 5.32 Å². The van der Waals surface area contributed by atoms with Crippen molar-refractivity contribution in [1.29, 1.82) is 5.26 Å². The third kappa shape index (κ3) is 3.27. The van der Waals surface area contributed by atoms with Crippen LogP contribution in [0.1, 0.15) is 11.1 Å². The Morgan fingerprint density at radius 2 is 1.92 bits per heavy atom. The Labute approximate surface area is 149 Å². The zero-order chi connectivity index (χ0) is 18.9. The van der Waals surface area contributed by atoms with Gasteiger partial charge in [0.15, 0.2) is 0 Å². The van der Waals surface area contributed by atoms with Crippen molar-refractivity contribution in [2.24, 2.45) is 0 Å². The van der Waals surface area contributed by atoms with Crippen molar-refractivity contribution in [1.82, 2.24) is 0 Å². The van der Waals surface area contributed by atoms with Crippen LogP contribution in [-0.2, 0) is 14.3 Å². The highest BCUT2D eigenvalue weighted by Crippen LogP contribution is 2.29. The lowest BCUT2D eigenvalue weighted by molar-refractivity contribution is -0.112. The quantitative estimate of drug-likeness (QED) is 0.510. The van der Waals surface area contributed by atoms with E-state index in [0.29, 0.717) is 10.6 Å². The Morgan fingerprint density at radius 3 is 2.58 bits per heavy atom. The fourth-order valence-corrected chi connectivity index (χ4v) is 3.82. The molecule has 0 bridgehead atoms. The fraction of sp³-hybridized carbons (Fsp3) is 0. The summed E-state index contributed by atoms with van der Waals surface area (Å²) in [7, 11) is -2.56. The lowest BCUT2D eigenvalue weighted by Gasteiger charge is -2.08. The minimum absolute atomic E-state index is 0.295. The zero-order valence-electron chi connectivity index (χ0n) is 13.3. The van der Waals surface area contributed by atoms with Crippen molar-refractivity contribution in [3.8, 4) is 6.07 Å². The minimum Gasteiger partial charge on any atom is -0.321 e. The standard InChI is InChI=1S/C19H12F2N2O2S/c1-26(25)8-7-12-5-6-14(10-18(12)26)23-19(24)13(11-22)9-15-16(20)3-2-4-17(15)21/h2-10H,1H2,(H,23,24)/b13-9+. The molecular formula is C19H12F2N2O2S. The van der Waals surface area contributed by atoms with E-state index in [4.69, 9.17) is 5.26 Å². The number of benzene rings is 2. The molecule has 1 atom stereocenters. The Balaban J connectivity index is 1.90. The van der Waals surface area contributed by atoms with Gasteiger partial charge in [-0.25, -0.2) is 8.78 Å². The van der Waals surface area contributed by atoms with Crippen LogP contribution >= 0.6 is 0 Å². The average molecular weight is 370 g/mol. The molecule has 0 saturated carbocycles. The number of rotatable bonds is 3. The third-order valence-corrected chi connectivity index (χ3v) is 5.44. The first-order chi connectivity index (χ1) is 12.3. The molecular weight excluding hydrogens is 358 g/mol. The number of hydrogen-bond donors (Lipinski definition) is 1. The van der Waals surface area contributed by atoms with Crippen molar-refractivity contribution in [3.05, 3.63) is 70.1 Å². The maximum atomic E-state index is 13.7. The van der Waals surface area contributed by atoms with E-state index >= 15 is 0 Å². The van der Waals surface area contributed by atoms with E-state index in [0.717, 1.165) is 23.8 Å². The molecule has 2 aromatic carbocycles. The van der Waals surface area contributed by atoms with E-state index in [1.807, 2.05) is 0 Å². The Morgan fingerprint density at radius 1 is 1.23 bits per heavy atom. The summed E-state index contributed by atoms with van der Waals surface area (Å²) >= 11 is 0. The molecule has 1 aliphatic heterocycles. The number of anilines is 1. The van der Waals surface area contributed by atoms with Gasteiger partial charge in [-0.2, -0.15) is 5.26 Å². The maximum Gasteiger partial charge on any atom is 0.266 e. The molecule has 7 heteroatoms. The summed E-state index contributed by atoms with van der Waals surface area (Å²) in [5, 5.41) is 13.1. The topological polar surface area (TPSA) is 70.0 Å². The van der Waals surface area contributed by atoms with Gasteiger partial charge in [-0.3, -0.25) is 9.00 Å². The molecule has 1 amide bonds. The molecule has 2 aromatic rings. The number of hydrogen-bond acceptors (Lipinski definition) is 3. The van der Waals surface area contributed by atoms with Gasteiger partial charge in [-0.1, -0.05) is 12.1 Å². The summed E-state index contributed by atoms with van der Waals surface area (Å²) in [6.07, 6.45) is 2.53. The number of carbonyl (C=O) groups is 1. The Kier molecular flexibility index (Phi) is 4.45. The van der Waals surface area contributed by atoms with Gasteiger partial charge in [0.2, 0.25) is 0 Å². The first-order valence-corrected chi connectivity index (χ1v) is 9.17. The van der Waals surface area contributed by atoms with Crippen LogP contribution in [0.5, 0.6) is 0 Å². The van der Waals surface area contributed by atoms with E-state index in [1.54, 1.807) is 24.3 Å². The summed E-state index contributed by atoms with van der Waals surface area (Å²) in [6, 6.07) is 9.60. The van der Waals surface area contributed by atoms with Gasteiger partial charge in [0, 0.05) is 25.7 Å². The van der Waals surface area contributed by atoms with Crippen molar-refractivity contribution >= 4 is 39.1 Å². The maximum absolute atomic E-state index is 13.7. The minimum atomic E-state index is -2.56. The number of carbonyl (C=O) groups excluding carboxylic acids is 1. The van der Waals surface area contributed by atoms with Gasteiger partial charge in [-0.05, 0) is 53.3 Å². The predicted molar refractivity (Wildman–Crippen MR) is 97.6 cm³/mol. The normalized spacial score (nSPS) is 18.3. The van der Waals surface area contributed by atoms with E-state index in [9.17, 15) is 17.8 Å². The molecule has 0 spiro atoms. The van der Waals surface area contributed by atoms with Gasteiger partial charge in [-0.15, -0.1) is 0 Å². The lowest BCUT2D eigenvalue weighted by Crippen LogP contribution is -2.14. The van der Waals surface area contributed by atoms with Crippen LogP contribution in [0.4, 0.5) is 14.5 Å². The SMILES string of the molecule is C=S1(=O)C=Cc2ccc(NC(=O)/C(C#N)=C/c3c(F)cccc3F)cc21. The molecule has 3 rings (SSSR count). The number of fused-ring (bicyclic) bond motifs is 1. The van der Waals surface area contributed by atoms with Gasteiger partial charge >= 0.3 is 0 Å². The molecule has 0 fully saturated rings. The Hall–Kier alpha value is -3.24. The average Bonchev–Trinajstić information content (AvgIpc) is 2.89. The van der Waals surface area contributed by atoms with Crippen molar-refractivity contribution < 1.29 is 17.8 Å². The molecule has 1 unspecified atom stereocenters. The van der Waals surface area contributed by atoms with Crippen LogP contribution in [0.2, 0.25) is 0 Å². The highest BCUT2D eigenvalue weighted by Gasteiger charge is 2.18. The van der Waals surface area contributed by atoms with Crippen molar-refractivity contribution in [2.45, 2.75) is 4.90 Å². The van der Waals surface area contributed by atoms with Gasteiger partial charge < -0.3 is 5.32 Å². The smallest absolute Gasteiger partial charge is 0.266 e. The van der Waals surface area contributed by atoms with Crippen LogP contribution in [-0.4, -0.2) is 16.0 Å². The summed E-state index contributed by atoms with van der Waals surface area (Å²) in [5.41, 5.74) is 0.0811. The lowest BCUT2D eigenvalue weighted by atomic mass is 10.1. The largest absolute Gasteiger partial charge is 0.321 e. The number of nitrogens with zero attached hydrogens (tertiary/aromatic N) is 1. The first-order valence-electron chi connectivity index (χ1n) is 7.38. The van der Waals surface area contributed by atoms with E-state index in [-0.39, 0.29) is 0 Å². The number of nitrogens with one attached hydrogen (secondary N) is 1. The molecule has 1 N–H and O–H groups in total. The monoisotopic (exact) mass is 370 g/mol. The zero-order valence-corrected chi connectivity index (χ0v) is 14.1. The summed E-state index contributed by atoms with van der Waals surface area (Å²) in [5.74, 6) is 1.04. The molecule has 0 aliphatic carbocycles. The molecule has 1 heterocycles. The number of amides is 1. The molecule has 0 saturated heterocycles. The van der Waals surface area contributed by atoms with Gasteiger partial charge in [0.1, 0.15) is 23.3 Å². The molecule has 0 aromatic heterocycles. The van der Waals surface area contributed by atoms with Crippen LogP contribution in [0.25, 0.3) is 12.2 Å². The predicted octanol–water partition coefficient (Wildman–Crippen LogP) is 3.57. The molecule has 0 radical (unpaired) electrons. The molecule has 26 heavy (non-hydrogen) atoms. The van der Waals surface area contributed by atoms with Crippen LogP contribution in [0.3, 0.4) is 0 Å². The van der Waals surface area contributed by atoms with Gasteiger partial charge in [0.25, 0.3) is 5.91 Å². The van der Waals surface area contributed by atoms with E-state index in [1.165, 1.54) is 17.5 Å². The van der Waals surface area contributed by atoms with Crippen molar-refractivity contribution in [3.63, 3.8) is 0 Å². The van der Waals surface area contributed by atoms with Crippen LogP contribution in [0.15, 0.2) is 52.3 Å². The number of halogens is 2. The van der Waals surface area contributed by atoms with Crippen LogP contribution < -0.4 is 5.32 Å². The first kappa shape index (κ1) is 17.6. The third-order valence-electron chi connectivity index (χ3n) is 3.76. The second kappa shape index (κ2) is 6.58. The van der Waals surface area contributed by atoms with E-state index in [2.05, 4.69) is 11.2 Å². The van der Waals surface area contributed by atoms with Gasteiger partial charge in [0.05, 0.1) is 0 Å². The molecule has 1 aliphatic rings. The molecule has 130 valence electrons. The number of nitriles is 1. The highest BCUT2D eigenvalue weighted by atomic mass is 32.2.